The van der Waals surface area contributed by atoms with E-state index < -0.39 is 0 Å². The Morgan fingerprint density at radius 1 is 1.32 bits per heavy atom. The highest BCUT2D eigenvalue weighted by Crippen LogP contribution is 2.41. The fourth-order valence-corrected chi connectivity index (χ4v) is 5.21. The Bertz CT molecular complexity index is 662. The van der Waals surface area contributed by atoms with Crippen molar-refractivity contribution in [2.24, 2.45) is 5.41 Å². The first kappa shape index (κ1) is 19.9. The topological polar surface area (TPSA) is 79.0 Å². The Labute approximate surface area is 167 Å². The standard InChI is InChI=1S/C21H33N3O4/c1-2-3-18-12-19(22-28-18)20(26)23-8-6-21(7-9-23)13-17(25)14-24(15-21)16-4-10-27-11-5-16/h12,16-17,25H,2-11,13-15H2,1H3. The lowest BCUT2D eigenvalue weighted by Crippen LogP contribution is -2.57. The summed E-state index contributed by atoms with van der Waals surface area (Å²) in [5.41, 5.74) is 0.538. The Morgan fingerprint density at radius 3 is 2.79 bits per heavy atom. The molecule has 3 aliphatic rings. The average Bonchev–Trinajstić information content (AvgIpc) is 3.17. The van der Waals surface area contributed by atoms with Crippen molar-refractivity contribution in [2.45, 2.75) is 64.0 Å². The lowest BCUT2D eigenvalue weighted by Gasteiger charge is -2.51. The number of likely N-dealkylation sites (tertiary alicyclic amines) is 2. The van der Waals surface area contributed by atoms with E-state index in [2.05, 4.69) is 17.0 Å². The summed E-state index contributed by atoms with van der Waals surface area (Å²) in [7, 11) is 0. The number of piperidine rings is 2. The van der Waals surface area contributed by atoms with Gasteiger partial charge in [-0.2, -0.15) is 0 Å². The number of hydrogen-bond acceptors (Lipinski definition) is 6. The van der Waals surface area contributed by atoms with Crippen molar-refractivity contribution < 1.29 is 19.2 Å². The minimum Gasteiger partial charge on any atom is -0.392 e. The summed E-state index contributed by atoms with van der Waals surface area (Å²) in [6, 6.07) is 2.31. The van der Waals surface area contributed by atoms with Gasteiger partial charge in [-0.15, -0.1) is 0 Å². The van der Waals surface area contributed by atoms with Crippen molar-refractivity contribution in [3.05, 3.63) is 17.5 Å². The van der Waals surface area contributed by atoms with Gasteiger partial charge in [0.1, 0.15) is 5.76 Å². The number of aromatic nitrogens is 1. The van der Waals surface area contributed by atoms with Crippen LogP contribution in [0.25, 0.3) is 0 Å². The van der Waals surface area contributed by atoms with Crippen LogP contribution in [0.15, 0.2) is 10.6 Å². The molecule has 156 valence electrons. The first-order chi connectivity index (χ1) is 13.6. The van der Waals surface area contributed by atoms with Crippen LogP contribution < -0.4 is 0 Å². The number of carbonyl (C=O) groups excluding carboxylic acids is 1. The van der Waals surface area contributed by atoms with E-state index in [9.17, 15) is 9.90 Å². The van der Waals surface area contributed by atoms with Gasteiger partial charge in [0.15, 0.2) is 5.69 Å². The maximum atomic E-state index is 12.8. The number of ether oxygens (including phenoxy) is 1. The predicted octanol–water partition coefficient (Wildman–Crippen LogP) is 2.10. The fraction of sp³-hybridized carbons (Fsp3) is 0.810. The normalized spacial score (nSPS) is 26.6. The summed E-state index contributed by atoms with van der Waals surface area (Å²) >= 11 is 0. The molecule has 0 aromatic carbocycles. The molecular weight excluding hydrogens is 358 g/mol. The van der Waals surface area contributed by atoms with E-state index in [0.717, 1.165) is 90.1 Å². The summed E-state index contributed by atoms with van der Waals surface area (Å²) in [5, 5.41) is 14.5. The molecule has 3 aliphatic heterocycles. The smallest absolute Gasteiger partial charge is 0.276 e. The van der Waals surface area contributed by atoms with Crippen molar-refractivity contribution in [3.8, 4) is 0 Å². The van der Waals surface area contributed by atoms with Gasteiger partial charge in [-0.05, 0) is 43.9 Å². The van der Waals surface area contributed by atoms with E-state index in [1.165, 1.54) is 0 Å². The first-order valence-electron chi connectivity index (χ1n) is 10.8. The number of aryl methyl sites for hydroxylation is 1. The highest BCUT2D eigenvalue weighted by Gasteiger charge is 2.44. The lowest BCUT2D eigenvalue weighted by atomic mass is 9.71. The van der Waals surface area contributed by atoms with Crippen LogP contribution in [0.4, 0.5) is 0 Å². The first-order valence-corrected chi connectivity index (χ1v) is 10.8. The van der Waals surface area contributed by atoms with Gasteiger partial charge in [0.2, 0.25) is 0 Å². The number of aliphatic hydroxyl groups excluding tert-OH is 1. The molecule has 3 fully saturated rings. The second kappa shape index (κ2) is 8.51. The Balaban J connectivity index is 1.37. The zero-order chi connectivity index (χ0) is 19.6. The van der Waals surface area contributed by atoms with E-state index >= 15 is 0 Å². The molecule has 0 radical (unpaired) electrons. The van der Waals surface area contributed by atoms with Crippen LogP contribution in [0.1, 0.15) is 61.7 Å². The van der Waals surface area contributed by atoms with Crippen LogP contribution in [0.3, 0.4) is 0 Å². The molecule has 1 N–H and O–H groups in total. The van der Waals surface area contributed by atoms with E-state index in [-0.39, 0.29) is 17.4 Å². The number of nitrogens with zero attached hydrogens (tertiary/aromatic N) is 3. The number of hydrogen-bond donors (Lipinski definition) is 1. The molecule has 1 unspecified atom stereocenters. The van der Waals surface area contributed by atoms with E-state index in [4.69, 9.17) is 9.26 Å². The molecule has 1 aromatic heterocycles. The Morgan fingerprint density at radius 2 is 2.07 bits per heavy atom. The van der Waals surface area contributed by atoms with Gasteiger partial charge in [0.25, 0.3) is 5.91 Å². The molecule has 0 saturated carbocycles. The van der Waals surface area contributed by atoms with Crippen molar-refractivity contribution in [1.29, 1.82) is 0 Å². The highest BCUT2D eigenvalue weighted by atomic mass is 16.5. The van der Waals surface area contributed by atoms with Crippen LogP contribution in [0, 0.1) is 5.41 Å². The largest absolute Gasteiger partial charge is 0.392 e. The maximum Gasteiger partial charge on any atom is 0.276 e. The molecule has 7 heteroatoms. The van der Waals surface area contributed by atoms with Gasteiger partial charge in [0.05, 0.1) is 6.10 Å². The molecule has 4 rings (SSSR count). The van der Waals surface area contributed by atoms with E-state index in [1.807, 2.05) is 4.90 Å². The van der Waals surface area contributed by atoms with Gasteiger partial charge in [-0.25, -0.2) is 0 Å². The summed E-state index contributed by atoms with van der Waals surface area (Å²) in [6.07, 6.45) is 6.35. The molecule has 1 spiro atoms. The number of carbonyl (C=O) groups is 1. The van der Waals surface area contributed by atoms with Gasteiger partial charge < -0.3 is 19.3 Å². The van der Waals surface area contributed by atoms with Gasteiger partial charge in [-0.3, -0.25) is 9.69 Å². The maximum absolute atomic E-state index is 12.8. The second-order valence-electron chi connectivity index (χ2n) is 8.85. The monoisotopic (exact) mass is 391 g/mol. The quantitative estimate of drug-likeness (QED) is 0.847. The zero-order valence-corrected chi connectivity index (χ0v) is 16.9. The third-order valence-electron chi connectivity index (χ3n) is 6.75. The molecule has 1 atom stereocenters. The zero-order valence-electron chi connectivity index (χ0n) is 16.9. The van der Waals surface area contributed by atoms with Crippen LogP contribution >= 0.6 is 0 Å². The minimum atomic E-state index is -0.272. The SMILES string of the molecule is CCCc1cc(C(=O)N2CCC3(CC2)CC(O)CN(C2CCOCC2)C3)no1. The number of β-amino-alcohol motifs (C(OH)–C–C–N with tert-alkyl or cyclic N) is 1. The molecule has 1 aromatic rings. The van der Waals surface area contributed by atoms with Crippen molar-refractivity contribution in [3.63, 3.8) is 0 Å². The number of aliphatic hydroxyl groups is 1. The highest BCUT2D eigenvalue weighted by molar-refractivity contribution is 5.92. The molecule has 28 heavy (non-hydrogen) atoms. The molecule has 7 nitrogen and oxygen atoms in total. The molecule has 0 bridgehead atoms. The molecular formula is C21H33N3O4. The summed E-state index contributed by atoms with van der Waals surface area (Å²) in [6.45, 7) is 6.98. The lowest BCUT2D eigenvalue weighted by molar-refractivity contribution is -0.0695. The molecule has 0 aliphatic carbocycles. The Kier molecular flexibility index (Phi) is 6.04. The van der Waals surface area contributed by atoms with Gasteiger partial charge >= 0.3 is 0 Å². The number of rotatable bonds is 4. The molecule has 1 amide bonds. The molecule has 4 heterocycles. The minimum absolute atomic E-state index is 0.0291. The van der Waals surface area contributed by atoms with Crippen LogP contribution in [-0.2, 0) is 11.2 Å². The van der Waals surface area contributed by atoms with Crippen molar-refractivity contribution in [1.82, 2.24) is 15.0 Å². The third-order valence-corrected chi connectivity index (χ3v) is 6.75. The van der Waals surface area contributed by atoms with E-state index in [1.54, 1.807) is 6.07 Å². The summed E-state index contributed by atoms with van der Waals surface area (Å²) in [4.78, 5) is 17.2. The van der Waals surface area contributed by atoms with Crippen LogP contribution in [0.5, 0.6) is 0 Å². The predicted molar refractivity (Wildman–Crippen MR) is 104 cm³/mol. The fourth-order valence-electron chi connectivity index (χ4n) is 5.21. The second-order valence-corrected chi connectivity index (χ2v) is 8.85. The van der Waals surface area contributed by atoms with Gasteiger partial charge in [-0.1, -0.05) is 12.1 Å². The van der Waals surface area contributed by atoms with E-state index in [0.29, 0.717) is 11.7 Å². The third kappa shape index (κ3) is 4.26. The van der Waals surface area contributed by atoms with Crippen LogP contribution in [0.2, 0.25) is 0 Å². The molecule has 3 saturated heterocycles. The Hall–Kier alpha value is -1.44. The number of amides is 1. The van der Waals surface area contributed by atoms with Crippen LogP contribution in [-0.4, -0.2) is 77.5 Å². The summed E-state index contributed by atoms with van der Waals surface area (Å²) in [5.74, 6) is 0.750. The average molecular weight is 392 g/mol. The van der Waals surface area contributed by atoms with Crippen molar-refractivity contribution >= 4 is 5.91 Å². The van der Waals surface area contributed by atoms with Gasteiger partial charge in [0, 0.05) is 57.9 Å². The van der Waals surface area contributed by atoms with Crippen molar-refractivity contribution in [2.75, 3.05) is 39.4 Å². The summed E-state index contributed by atoms with van der Waals surface area (Å²) < 4.78 is 10.8.